The molecule has 0 saturated carbocycles. The SMILES string of the molecule is Cc1ccc2nc(CSc3ccc(N)cc3)cc(=O)n2c1. The quantitative estimate of drug-likeness (QED) is 0.596. The minimum atomic E-state index is -0.0448. The molecule has 0 fully saturated rings. The van der Waals surface area contributed by atoms with Gasteiger partial charge in [-0.05, 0) is 42.8 Å². The predicted octanol–water partition coefficient (Wildman–Crippen LogP) is 2.88. The lowest BCUT2D eigenvalue weighted by Gasteiger charge is -2.05. The molecule has 2 heterocycles. The Morgan fingerprint density at radius 3 is 2.71 bits per heavy atom. The second-order valence-electron chi connectivity index (χ2n) is 4.88. The molecule has 0 saturated heterocycles. The van der Waals surface area contributed by atoms with Crippen LogP contribution in [0.5, 0.6) is 0 Å². The van der Waals surface area contributed by atoms with Gasteiger partial charge in [0.05, 0.1) is 5.69 Å². The average Bonchev–Trinajstić information content (AvgIpc) is 2.47. The highest BCUT2D eigenvalue weighted by molar-refractivity contribution is 7.98. The van der Waals surface area contributed by atoms with Crippen molar-refractivity contribution < 1.29 is 0 Å². The number of aryl methyl sites for hydroxylation is 1. The zero-order valence-electron chi connectivity index (χ0n) is 11.6. The fraction of sp³-hybridized carbons (Fsp3) is 0.125. The Labute approximate surface area is 126 Å². The van der Waals surface area contributed by atoms with Gasteiger partial charge >= 0.3 is 0 Å². The normalized spacial score (nSPS) is 10.9. The summed E-state index contributed by atoms with van der Waals surface area (Å²) in [5, 5.41) is 0. The molecule has 0 bridgehead atoms. The lowest BCUT2D eigenvalue weighted by atomic mass is 10.3. The molecule has 1 aromatic carbocycles. The van der Waals surface area contributed by atoms with Crippen LogP contribution in [-0.2, 0) is 5.75 Å². The number of benzene rings is 1. The molecule has 2 aromatic heterocycles. The summed E-state index contributed by atoms with van der Waals surface area (Å²) in [6.07, 6.45) is 1.81. The van der Waals surface area contributed by atoms with E-state index in [4.69, 9.17) is 5.73 Å². The molecule has 0 unspecified atom stereocenters. The number of anilines is 1. The molecular formula is C16H15N3OS. The number of thioether (sulfide) groups is 1. The van der Waals surface area contributed by atoms with Crippen molar-refractivity contribution in [3.8, 4) is 0 Å². The highest BCUT2D eigenvalue weighted by Gasteiger charge is 2.03. The number of nitrogens with two attached hydrogens (primary N) is 1. The summed E-state index contributed by atoms with van der Waals surface area (Å²) >= 11 is 1.64. The van der Waals surface area contributed by atoms with Crippen molar-refractivity contribution in [1.29, 1.82) is 0 Å². The van der Waals surface area contributed by atoms with Crippen LogP contribution in [0.3, 0.4) is 0 Å². The van der Waals surface area contributed by atoms with Crippen molar-refractivity contribution in [3.05, 3.63) is 70.3 Å². The molecule has 2 N–H and O–H groups in total. The maximum atomic E-state index is 12.1. The lowest BCUT2D eigenvalue weighted by molar-refractivity contribution is 1.00. The van der Waals surface area contributed by atoms with E-state index in [-0.39, 0.29) is 5.56 Å². The topological polar surface area (TPSA) is 60.4 Å². The van der Waals surface area contributed by atoms with Crippen molar-refractivity contribution in [2.45, 2.75) is 17.6 Å². The van der Waals surface area contributed by atoms with Crippen LogP contribution < -0.4 is 11.3 Å². The van der Waals surface area contributed by atoms with Crippen molar-refractivity contribution in [2.75, 3.05) is 5.73 Å². The number of nitrogen functional groups attached to an aromatic ring is 1. The standard InChI is InChI=1S/C16H15N3OS/c1-11-2-7-15-18-13(8-16(20)19(15)9-11)10-21-14-5-3-12(17)4-6-14/h2-9H,10,17H2,1H3. The minimum absolute atomic E-state index is 0.0448. The Bertz CT molecular complexity index is 840. The summed E-state index contributed by atoms with van der Waals surface area (Å²) in [6, 6.07) is 13.1. The smallest absolute Gasteiger partial charge is 0.258 e. The summed E-state index contributed by atoms with van der Waals surface area (Å²) in [6.45, 7) is 1.96. The van der Waals surface area contributed by atoms with E-state index in [1.165, 1.54) is 0 Å². The first-order chi connectivity index (χ1) is 10.1. The molecular weight excluding hydrogens is 282 g/mol. The van der Waals surface area contributed by atoms with Crippen molar-refractivity contribution in [3.63, 3.8) is 0 Å². The van der Waals surface area contributed by atoms with Crippen LogP contribution in [0, 0.1) is 6.92 Å². The Hall–Kier alpha value is -2.27. The van der Waals surface area contributed by atoms with Crippen molar-refractivity contribution in [2.24, 2.45) is 0 Å². The van der Waals surface area contributed by atoms with Crippen molar-refractivity contribution in [1.82, 2.24) is 9.38 Å². The Morgan fingerprint density at radius 2 is 1.95 bits per heavy atom. The van der Waals surface area contributed by atoms with Crippen LogP contribution in [0.15, 0.2) is 58.4 Å². The molecule has 21 heavy (non-hydrogen) atoms. The van der Waals surface area contributed by atoms with Gasteiger partial charge in [-0.25, -0.2) is 4.98 Å². The first-order valence-electron chi connectivity index (χ1n) is 6.59. The summed E-state index contributed by atoms with van der Waals surface area (Å²) in [5.74, 6) is 0.656. The van der Waals surface area contributed by atoms with E-state index in [0.29, 0.717) is 11.4 Å². The predicted molar refractivity (Wildman–Crippen MR) is 86.6 cm³/mol. The summed E-state index contributed by atoms with van der Waals surface area (Å²) in [7, 11) is 0. The summed E-state index contributed by atoms with van der Waals surface area (Å²) in [5.41, 5.74) is 8.87. The third-order valence-electron chi connectivity index (χ3n) is 3.13. The molecule has 3 rings (SSSR count). The Balaban J connectivity index is 1.86. The molecule has 0 aliphatic carbocycles. The number of hydrogen-bond donors (Lipinski definition) is 1. The number of rotatable bonds is 3. The lowest BCUT2D eigenvalue weighted by Crippen LogP contribution is -2.15. The first kappa shape index (κ1) is 13.7. The number of hydrogen-bond acceptors (Lipinski definition) is 4. The largest absolute Gasteiger partial charge is 0.399 e. The van der Waals surface area contributed by atoms with Crippen LogP contribution >= 0.6 is 11.8 Å². The molecule has 106 valence electrons. The van der Waals surface area contributed by atoms with Crippen LogP contribution in [0.1, 0.15) is 11.3 Å². The van der Waals surface area contributed by atoms with E-state index in [0.717, 1.165) is 21.8 Å². The van der Waals surface area contributed by atoms with Gasteiger partial charge in [-0.1, -0.05) is 6.07 Å². The van der Waals surface area contributed by atoms with Gasteiger partial charge in [-0.15, -0.1) is 11.8 Å². The van der Waals surface area contributed by atoms with Gasteiger partial charge in [-0.3, -0.25) is 9.20 Å². The van der Waals surface area contributed by atoms with E-state index >= 15 is 0 Å². The van der Waals surface area contributed by atoms with Gasteiger partial charge < -0.3 is 5.73 Å². The van der Waals surface area contributed by atoms with Crippen molar-refractivity contribution >= 4 is 23.1 Å². The average molecular weight is 297 g/mol. The molecule has 0 spiro atoms. The van der Waals surface area contributed by atoms with E-state index in [9.17, 15) is 4.79 Å². The third kappa shape index (κ3) is 3.08. The zero-order valence-corrected chi connectivity index (χ0v) is 12.4. The molecule has 4 nitrogen and oxygen atoms in total. The van der Waals surface area contributed by atoms with Gasteiger partial charge in [0.25, 0.3) is 5.56 Å². The molecule has 0 radical (unpaired) electrons. The maximum Gasteiger partial charge on any atom is 0.258 e. The second-order valence-corrected chi connectivity index (χ2v) is 5.93. The Morgan fingerprint density at radius 1 is 1.19 bits per heavy atom. The molecule has 0 aliphatic rings. The van der Waals surface area contributed by atoms with Crippen LogP contribution in [0.4, 0.5) is 5.69 Å². The highest BCUT2D eigenvalue weighted by atomic mass is 32.2. The van der Waals surface area contributed by atoms with Gasteiger partial charge in [0.1, 0.15) is 5.65 Å². The number of fused-ring (bicyclic) bond motifs is 1. The van der Waals surface area contributed by atoms with Crippen LogP contribution in [0.2, 0.25) is 0 Å². The second kappa shape index (κ2) is 5.61. The van der Waals surface area contributed by atoms with Crippen LogP contribution in [-0.4, -0.2) is 9.38 Å². The zero-order chi connectivity index (χ0) is 14.8. The monoisotopic (exact) mass is 297 g/mol. The fourth-order valence-electron chi connectivity index (χ4n) is 2.05. The van der Waals surface area contributed by atoms with Gasteiger partial charge in [0.15, 0.2) is 0 Å². The molecule has 0 amide bonds. The third-order valence-corrected chi connectivity index (χ3v) is 4.17. The number of pyridine rings is 1. The van der Waals surface area contributed by atoms with Gasteiger partial charge in [0.2, 0.25) is 0 Å². The van der Waals surface area contributed by atoms with E-state index in [2.05, 4.69) is 4.98 Å². The molecule has 0 aliphatic heterocycles. The van der Waals surface area contributed by atoms with Gasteiger partial charge in [-0.2, -0.15) is 0 Å². The fourth-order valence-corrected chi connectivity index (χ4v) is 2.84. The van der Waals surface area contributed by atoms with Gasteiger partial charge in [0, 0.05) is 28.6 Å². The van der Waals surface area contributed by atoms with E-state index in [1.807, 2.05) is 49.5 Å². The van der Waals surface area contributed by atoms with Crippen LogP contribution in [0.25, 0.3) is 5.65 Å². The highest BCUT2D eigenvalue weighted by Crippen LogP contribution is 2.22. The van der Waals surface area contributed by atoms with E-state index < -0.39 is 0 Å². The summed E-state index contributed by atoms with van der Waals surface area (Å²) < 4.78 is 1.58. The minimum Gasteiger partial charge on any atom is -0.399 e. The molecule has 0 atom stereocenters. The van der Waals surface area contributed by atoms with E-state index in [1.54, 1.807) is 22.2 Å². The number of nitrogens with zero attached hydrogens (tertiary/aromatic N) is 2. The molecule has 3 aromatic rings. The summed E-state index contributed by atoms with van der Waals surface area (Å²) in [4.78, 5) is 17.7. The number of aromatic nitrogens is 2. The molecule has 5 heteroatoms. The maximum absolute atomic E-state index is 12.1. The first-order valence-corrected chi connectivity index (χ1v) is 7.58. The Kier molecular flexibility index (Phi) is 3.66.